The Morgan fingerprint density at radius 1 is 1.04 bits per heavy atom. The molecule has 0 unspecified atom stereocenters. The van der Waals surface area contributed by atoms with Crippen LogP contribution in [0.2, 0.25) is 0 Å². The standard InChI is InChI=1S/C19H19N3O3/c1-22-18(13-7-5-4-6-8-13)15(12-20-22)21-19(23)14-9-10-16(24-2)17(11-14)25-3/h4-12H,1-3H3,(H,21,23). The summed E-state index contributed by atoms with van der Waals surface area (Å²) in [6, 6.07) is 14.8. The molecule has 25 heavy (non-hydrogen) atoms. The number of aryl methyl sites for hydroxylation is 1. The Morgan fingerprint density at radius 3 is 2.44 bits per heavy atom. The summed E-state index contributed by atoms with van der Waals surface area (Å²) < 4.78 is 12.2. The lowest BCUT2D eigenvalue weighted by Crippen LogP contribution is -2.12. The zero-order valence-electron chi connectivity index (χ0n) is 14.3. The molecule has 1 N–H and O–H groups in total. The summed E-state index contributed by atoms with van der Waals surface area (Å²) in [6.07, 6.45) is 1.64. The minimum atomic E-state index is -0.244. The van der Waals surface area contributed by atoms with E-state index in [1.54, 1.807) is 36.2 Å². The van der Waals surface area contributed by atoms with Gasteiger partial charge in [0.05, 0.1) is 31.8 Å². The van der Waals surface area contributed by atoms with Crippen LogP contribution in [0, 0.1) is 0 Å². The summed E-state index contributed by atoms with van der Waals surface area (Å²) in [5.41, 5.74) is 2.94. The molecule has 1 aromatic heterocycles. The second-order valence-electron chi connectivity index (χ2n) is 5.42. The van der Waals surface area contributed by atoms with Crippen molar-refractivity contribution in [2.75, 3.05) is 19.5 Å². The topological polar surface area (TPSA) is 65.4 Å². The highest BCUT2D eigenvalue weighted by atomic mass is 16.5. The lowest BCUT2D eigenvalue weighted by molar-refractivity contribution is 0.102. The Labute approximate surface area is 146 Å². The molecule has 3 rings (SSSR count). The molecular formula is C19H19N3O3. The van der Waals surface area contributed by atoms with E-state index in [-0.39, 0.29) is 5.91 Å². The maximum atomic E-state index is 12.6. The molecule has 0 atom stereocenters. The van der Waals surface area contributed by atoms with Gasteiger partial charge in [0.15, 0.2) is 11.5 Å². The van der Waals surface area contributed by atoms with Crippen LogP contribution in [0.4, 0.5) is 5.69 Å². The first-order chi connectivity index (χ1) is 12.1. The molecule has 0 spiro atoms. The minimum Gasteiger partial charge on any atom is -0.493 e. The molecule has 0 fully saturated rings. The van der Waals surface area contributed by atoms with Crippen LogP contribution in [-0.4, -0.2) is 29.9 Å². The van der Waals surface area contributed by atoms with E-state index >= 15 is 0 Å². The van der Waals surface area contributed by atoms with Crippen molar-refractivity contribution in [3.05, 3.63) is 60.3 Å². The van der Waals surface area contributed by atoms with E-state index in [9.17, 15) is 4.79 Å². The van der Waals surface area contributed by atoms with Gasteiger partial charge < -0.3 is 14.8 Å². The average Bonchev–Trinajstić information content (AvgIpc) is 3.01. The van der Waals surface area contributed by atoms with E-state index in [0.717, 1.165) is 11.3 Å². The molecule has 2 aromatic carbocycles. The molecule has 6 heteroatoms. The van der Waals surface area contributed by atoms with Gasteiger partial charge in [-0.3, -0.25) is 9.48 Å². The molecule has 0 radical (unpaired) electrons. The first kappa shape index (κ1) is 16.6. The number of anilines is 1. The van der Waals surface area contributed by atoms with Crippen molar-refractivity contribution in [3.63, 3.8) is 0 Å². The number of amides is 1. The fourth-order valence-corrected chi connectivity index (χ4v) is 2.64. The third kappa shape index (κ3) is 3.33. The number of aromatic nitrogens is 2. The molecule has 3 aromatic rings. The van der Waals surface area contributed by atoms with Crippen molar-refractivity contribution >= 4 is 11.6 Å². The predicted molar refractivity (Wildman–Crippen MR) is 96.1 cm³/mol. The molecule has 0 aliphatic heterocycles. The summed E-state index contributed by atoms with van der Waals surface area (Å²) in [6.45, 7) is 0. The normalized spacial score (nSPS) is 10.4. The average molecular weight is 337 g/mol. The zero-order chi connectivity index (χ0) is 17.8. The van der Waals surface area contributed by atoms with Gasteiger partial charge >= 0.3 is 0 Å². The summed E-state index contributed by atoms with van der Waals surface area (Å²) in [5.74, 6) is 0.834. The molecule has 1 heterocycles. The van der Waals surface area contributed by atoms with Crippen LogP contribution in [0.15, 0.2) is 54.7 Å². The van der Waals surface area contributed by atoms with E-state index in [4.69, 9.17) is 9.47 Å². The van der Waals surface area contributed by atoms with Crippen molar-refractivity contribution in [3.8, 4) is 22.8 Å². The Hall–Kier alpha value is -3.28. The molecule has 6 nitrogen and oxygen atoms in total. The number of carbonyl (C=O) groups excluding carboxylic acids is 1. The molecule has 0 saturated carbocycles. The van der Waals surface area contributed by atoms with Crippen LogP contribution in [0.5, 0.6) is 11.5 Å². The smallest absolute Gasteiger partial charge is 0.255 e. The largest absolute Gasteiger partial charge is 0.493 e. The monoisotopic (exact) mass is 337 g/mol. The highest BCUT2D eigenvalue weighted by Crippen LogP contribution is 2.30. The van der Waals surface area contributed by atoms with E-state index in [0.29, 0.717) is 22.7 Å². The number of ether oxygens (including phenoxy) is 2. The van der Waals surface area contributed by atoms with Crippen molar-refractivity contribution in [2.24, 2.45) is 7.05 Å². The van der Waals surface area contributed by atoms with E-state index in [2.05, 4.69) is 10.4 Å². The molecular weight excluding hydrogens is 318 g/mol. The Balaban J connectivity index is 1.90. The number of carbonyl (C=O) groups is 1. The van der Waals surface area contributed by atoms with Crippen molar-refractivity contribution < 1.29 is 14.3 Å². The van der Waals surface area contributed by atoms with Gasteiger partial charge in [-0.2, -0.15) is 5.10 Å². The van der Waals surface area contributed by atoms with Crippen LogP contribution < -0.4 is 14.8 Å². The lowest BCUT2D eigenvalue weighted by atomic mass is 10.1. The quantitative estimate of drug-likeness (QED) is 0.775. The predicted octanol–water partition coefficient (Wildman–Crippen LogP) is 3.36. The number of rotatable bonds is 5. The van der Waals surface area contributed by atoms with Gasteiger partial charge in [-0.15, -0.1) is 0 Å². The van der Waals surface area contributed by atoms with Gasteiger partial charge in [0.1, 0.15) is 0 Å². The second-order valence-corrected chi connectivity index (χ2v) is 5.42. The first-order valence-electron chi connectivity index (χ1n) is 7.75. The lowest BCUT2D eigenvalue weighted by Gasteiger charge is -2.11. The minimum absolute atomic E-state index is 0.244. The second kappa shape index (κ2) is 7.09. The van der Waals surface area contributed by atoms with Crippen LogP contribution in [0.1, 0.15) is 10.4 Å². The van der Waals surface area contributed by atoms with E-state index in [1.807, 2.05) is 37.4 Å². The summed E-state index contributed by atoms with van der Waals surface area (Å²) >= 11 is 0. The van der Waals surface area contributed by atoms with E-state index in [1.165, 1.54) is 7.11 Å². The summed E-state index contributed by atoms with van der Waals surface area (Å²) in [4.78, 5) is 12.6. The molecule has 0 aliphatic rings. The molecule has 1 amide bonds. The number of hydrogen-bond donors (Lipinski definition) is 1. The van der Waals surface area contributed by atoms with Crippen LogP contribution in [-0.2, 0) is 7.05 Å². The van der Waals surface area contributed by atoms with Gasteiger partial charge in [-0.25, -0.2) is 0 Å². The number of benzene rings is 2. The number of hydrogen-bond acceptors (Lipinski definition) is 4. The van der Waals surface area contributed by atoms with Crippen molar-refractivity contribution in [2.45, 2.75) is 0 Å². The number of methoxy groups -OCH3 is 2. The Morgan fingerprint density at radius 2 is 1.76 bits per heavy atom. The van der Waals surface area contributed by atoms with Gasteiger partial charge in [0.2, 0.25) is 0 Å². The Kier molecular flexibility index (Phi) is 4.70. The van der Waals surface area contributed by atoms with Crippen LogP contribution in [0.25, 0.3) is 11.3 Å². The number of nitrogens with zero attached hydrogens (tertiary/aromatic N) is 2. The maximum Gasteiger partial charge on any atom is 0.255 e. The SMILES string of the molecule is COc1ccc(C(=O)Nc2cnn(C)c2-c2ccccc2)cc1OC. The summed E-state index contributed by atoms with van der Waals surface area (Å²) in [5, 5.41) is 7.17. The third-order valence-electron chi connectivity index (χ3n) is 3.88. The highest BCUT2D eigenvalue weighted by molar-refractivity contribution is 6.06. The molecule has 128 valence electrons. The van der Waals surface area contributed by atoms with Gasteiger partial charge in [-0.05, 0) is 18.2 Å². The van der Waals surface area contributed by atoms with Gasteiger partial charge in [0.25, 0.3) is 5.91 Å². The molecule has 0 aliphatic carbocycles. The van der Waals surface area contributed by atoms with Gasteiger partial charge in [-0.1, -0.05) is 30.3 Å². The molecule has 0 saturated heterocycles. The number of nitrogens with one attached hydrogen (secondary N) is 1. The van der Waals surface area contributed by atoms with Crippen LogP contribution in [0.3, 0.4) is 0 Å². The zero-order valence-corrected chi connectivity index (χ0v) is 14.3. The maximum absolute atomic E-state index is 12.6. The fraction of sp³-hybridized carbons (Fsp3) is 0.158. The van der Waals surface area contributed by atoms with Crippen LogP contribution >= 0.6 is 0 Å². The fourth-order valence-electron chi connectivity index (χ4n) is 2.64. The van der Waals surface area contributed by atoms with Gasteiger partial charge in [0, 0.05) is 18.2 Å². The van der Waals surface area contributed by atoms with E-state index < -0.39 is 0 Å². The first-order valence-corrected chi connectivity index (χ1v) is 7.75. The summed E-state index contributed by atoms with van der Waals surface area (Å²) in [7, 11) is 4.93. The van der Waals surface area contributed by atoms with Crippen molar-refractivity contribution in [1.29, 1.82) is 0 Å². The van der Waals surface area contributed by atoms with Crippen molar-refractivity contribution in [1.82, 2.24) is 9.78 Å². The highest BCUT2D eigenvalue weighted by Gasteiger charge is 2.16. The molecule has 0 bridgehead atoms. The Bertz CT molecular complexity index is 888. The third-order valence-corrected chi connectivity index (χ3v) is 3.88.